The monoisotopic (exact) mass is 285 g/mol. The van der Waals surface area contributed by atoms with E-state index in [0.29, 0.717) is 18.7 Å². The number of fused-ring (bicyclic) bond motifs is 1. The summed E-state index contributed by atoms with van der Waals surface area (Å²) in [6, 6.07) is 5.75. The molecular formula is C16H19N3O2. The average molecular weight is 285 g/mol. The van der Waals surface area contributed by atoms with Crippen molar-refractivity contribution in [3.05, 3.63) is 30.0 Å². The molecule has 0 bridgehead atoms. The number of rotatable bonds is 1. The predicted molar refractivity (Wildman–Crippen MR) is 79.1 cm³/mol. The van der Waals surface area contributed by atoms with Crippen molar-refractivity contribution < 1.29 is 9.53 Å². The molecule has 5 heteroatoms. The van der Waals surface area contributed by atoms with Crippen LogP contribution in [0.25, 0.3) is 10.9 Å². The highest BCUT2D eigenvalue weighted by atomic mass is 16.5. The zero-order valence-corrected chi connectivity index (χ0v) is 12.0. The summed E-state index contributed by atoms with van der Waals surface area (Å²) < 4.78 is 6.00. The van der Waals surface area contributed by atoms with Gasteiger partial charge in [-0.25, -0.2) is 0 Å². The summed E-state index contributed by atoms with van der Waals surface area (Å²) >= 11 is 0. The molecule has 5 nitrogen and oxygen atoms in total. The van der Waals surface area contributed by atoms with Crippen LogP contribution in [0.1, 0.15) is 36.0 Å². The van der Waals surface area contributed by atoms with Crippen LogP contribution in [0.4, 0.5) is 0 Å². The minimum atomic E-state index is -0.0875. The highest BCUT2D eigenvalue weighted by Gasteiger charge is 2.40. The van der Waals surface area contributed by atoms with Crippen molar-refractivity contribution in [2.24, 2.45) is 0 Å². The lowest BCUT2D eigenvalue weighted by Gasteiger charge is -2.40. The van der Waals surface area contributed by atoms with Crippen molar-refractivity contribution >= 4 is 16.8 Å². The minimum Gasteiger partial charge on any atom is -0.371 e. The molecule has 1 N–H and O–H groups in total. The summed E-state index contributed by atoms with van der Waals surface area (Å²) in [6.45, 7) is 2.03. The third-order valence-electron chi connectivity index (χ3n) is 4.76. The fraction of sp³-hybridized carbons (Fsp3) is 0.500. The molecule has 1 saturated heterocycles. The van der Waals surface area contributed by atoms with E-state index in [1.807, 2.05) is 23.1 Å². The molecule has 2 aromatic rings. The van der Waals surface area contributed by atoms with E-state index in [2.05, 4.69) is 10.2 Å². The van der Waals surface area contributed by atoms with Gasteiger partial charge >= 0.3 is 0 Å². The normalized spacial score (nSPS) is 21.2. The molecule has 0 radical (unpaired) electrons. The van der Waals surface area contributed by atoms with Gasteiger partial charge in [-0.15, -0.1) is 0 Å². The van der Waals surface area contributed by atoms with Gasteiger partial charge in [0.05, 0.1) is 36.0 Å². The summed E-state index contributed by atoms with van der Waals surface area (Å²) in [5.41, 5.74) is 1.45. The standard InChI is InChI=1S/C16H19N3O2/c20-15(13-5-3-4-12-10-17-18-14(12)13)19-8-9-21-16(11-19)6-1-2-7-16/h3-5,10H,1-2,6-9,11H2,(H,17,18). The second-order valence-electron chi connectivity index (χ2n) is 6.11. The Hall–Kier alpha value is -1.88. The van der Waals surface area contributed by atoms with E-state index in [1.54, 1.807) is 6.20 Å². The molecule has 4 rings (SSSR count). The van der Waals surface area contributed by atoms with Gasteiger partial charge in [-0.2, -0.15) is 5.10 Å². The molecule has 1 aromatic carbocycles. The van der Waals surface area contributed by atoms with Crippen LogP contribution in [0.3, 0.4) is 0 Å². The second kappa shape index (κ2) is 4.84. The van der Waals surface area contributed by atoms with Gasteiger partial charge in [0.15, 0.2) is 0 Å². The van der Waals surface area contributed by atoms with Crippen LogP contribution in [0.2, 0.25) is 0 Å². The van der Waals surface area contributed by atoms with E-state index >= 15 is 0 Å². The first-order valence-electron chi connectivity index (χ1n) is 7.63. The van der Waals surface area contributed by atoms with Crippen LogP contribution in [-0.2, 0) is 4.74 Å². The van der Waals surface area contributed by atoms with Gasteiger partial charge in [-0.1, -0.05) is 25.0 Å². The Balaban J connectivity index is 1.63. The van der Waals surface area contributed by atoms with Crippen molar-refractivity contribution in [1.82, 2.24) is 15.1 Å². The van der Waals surface area contributed by atoms with Crippen LogP contribution in [0.15, 0.2) is 24.4 Å². The van der Waals surface area contributed by atoms with E-state index in [9.17, 15) is 4.79 Å². The number of amides is 1. The molecule has 2 fully saturated rings. The lowest BCUT2D eigenvalue weighted by molar-refractivity contribution is -0.0948. The van der Waals surface area contributed by atoms with Gasteiger partial charge in [0.2, 0.25) is 0 Å². The van der Waals surface area contributed by atoms with Crippen LogP contribution >= 0.6 is 0 Å². The zero-order valence-electron chi connectivity index (χ0n) is 12.0. The summed E-state index contributed by atoms with van der Waals surface area (Å²) in [4.78, 5) is 14.8. The van der Waals surface area contributed by atoms with E-state index in [0.717, 1.165) is 30.3 Å². The predicted octanol–water partition coefficient (Wildman–Crippen LogP) is 2.35. The average Bonchev–Trinajstić information content (AvgIpc) is 3.15. The van der Waals surface area contributed by atoms with Crippen molar-refractivity contribution in [3.63, 3.8) is 0 Å². The maximum Gasteiger partial charge on any atom is 0.256 e. The quantitative estimate of drug-likeness (QED) is 0.875. The summed E-state index contributed by atoms with van der Waals surface area (Å²) in [6.07, 6.45) is 6.32. The zero-order chi connectivity index (χ0) is 14.3. The van der Waals surface area contributed by atoms with Gasteiger partial charge < -0.3 is 9.64 Å². The third kappa shape index (κ3) is 2.12. The third-order valence-corrected chi connectivity index (χ3v) is 4.76. The number of ether oxygens (including phenoxy) is 1. The van der Waals surface area contributed by atoms with Crippen molar-refractivity contribution in [2.75, 3.05) is 19.7 Å². The van der Waals surface area contributed by atoms with E-state index in [1.165, 1.54) is 12.8 Å². The molecule has 1 saturated carbocycles. The molecule has 0 unspecified atom stereocenters. The molecule has 2 heterocycles. The number of benzene rings is 1. The first kappa shape index (κ1) is 12.8. The van der Waals surface area contributed by atoms with E-state index < -0.39 is 0 Å². The number of carbonyl (C=O) groups is 1. The maximum atomic E-state index is 12.9. The molecular weight excluding hydrogens is 266 g/mol. The number of aromatic amines is 1. The fourth-order valence-electron chi connectivity index (χ4n) is 3.66. The number of hydrogen-bond acceptors (Lipinski definition) is 3. The van der Waals surface area contributed by atoms with Crippen LogP contribution in [-0.4, -0.2) is 46.3 Å². The van der Waals surface area contributed by atoms with Crippen molar-refractivity contribution in [3.8, 4) is 0 Å². The van der Waals surface area contributed by atoms with Gasteiger partial charge in [-0.3, -0.25) is 9.89 Å². The Morgan fingerprint density at radius 3 is 3.05 bits per heavy atom. The molecule has 2 aliphatic rings. The summed E-state index contributed by atoms with van der Waals surface area (Å²) in [5, 5.41) is 7.96. The first-order valence-corrected chi connectivity index (χ1v) is 7.63. The number of para-hydroxylation sites is 1. The van der Waals surface area contributed by atoms with Crippen molar-refractivity contribution in [2.45, 2.75) is 31.3 Å². The highest BCUT2D eigenvalue weighted by molar-refractivity contribution is 6.05. The number of nitrogens with one attached hydrogen (secondary N) is 1. The van der Waals surface area contributed by atoms with Gasteiger partial charge in [-0.05, 0) is 18.9 Å². The summed E-state index contributed by atoms with van der Waals surface area (Å²) in [7, 11) is 0. The van der Waals surface area contributed by atoms with Gasteiger partial charge in [0, 0.05) is 11.9 Å². The van der Waals surface area contributed by atoms with E-state index in [4.69, 9.17) is 4.74 Å². The topological polar surface area (TPSA) is 58.2 Å². The molecule has 0 atom stereocenters. The number of hydrogen-bond donors (Lipinski definition) is 1. The molecule has 1 aliphatic carbocycles. The lowest BCUT2D eigenvalue weighted by atomic mass is 9.99. The van der Waals surface area contributed by atoms with Gasteiger partial charge in [0.25, 0.3) is 5.91 Å². The molecule has 1 aromatic heterocycles. The SMILES string of the molecule is O=C(c1cccc2cn[nH]c12)N1CCOC2(CCCC2)C1. The number of nitrogens with zero attached hydrogens (tertiary/aromatic N) is 2. The molecule has 21 heavy (non-hydrogen) atoms. The Kier molecular flexibility index (Phi) is 2.96. The van der Waals surface area contributed by atoms with Crippen LogP contribution in [0, 0.1) is 0 Å². The Labute approximate surface area is 123 Å². The highest BCUT2D eigenvalue weighted by Crippen LogP contribution is 2.36. The summed E-state index contributed by atoms with van der Waals surface area (Å²) in [5.74, 6) is 0.0828. The molecule has 1 amide bonds. The van der Waals surface area contributed by atoms with Gasteiger partial charge in [0.1, 0.15) is 0 Å². The number of morpholine rings is 1. The smallest absolute Gasteiger partial charge is 0.256 e. The van der Waals surface area contributed by atoms with Crippen LogP contribution in [0.5, 0.6) is 0 Å². The largest absolute Gasteiger partial charge is 0.371 e. The Morgan fingerprint density at radius 1 is 1.33 bits per heavy atom. The fourth-order valence-corrected chi connectivity index (χ4v) is 3.66. The van der Waals surface area contributed by atoms with E-state index in [-0.39, 0.29) is 11.5 Å². The minimum absolute atomic E-state index is 0.0828. The number of aromatic nitrogens is 2. The number of carbonyl (C=O) groups excluding carboxylic acids is 1. The number of H-pyrrole nitrogens is 1. The Bertz CT molecular complexity index is 673. The Morgan fingerprint density at radius 2 is 2.19 bits per heavy atom. The molecule has 1 aliphatic heterocycles. The molecule has 1 spiro atoms. The maximum absolute atomic E-state index is 12.9. The second-order valence-corrected chi connectivity index (χ2v) is 6.11. The molecule has 110 valence electrons. The van der Waals surface area contributed by atoms with Crippen LogP contribution < -0.4 is 0 Å². The first-order chi connectivity index (χ1) is 10.3. The lowest BCUT2D eigenvalue weighted by Crippen LogP contribution is -2.52. The van der Waals surface area contributed by atoms with Crippen molar-refractivity contribution in [1.29, 1.82) is 0 Å².